The normalized spacial score (nSPS) is 23.2. The first-order valence-electron chi connectivity index (χ1n) is 9.65. The van der Waals surface area contributed by atoms with Crippen LogP contribution in [-0.2, 0) is 20.7 Å². The fourth-order valence-electron chi connectivity index (χ4n) is 4.59. The maximum absolute atomic E-state index is 13.0. The van der Waals surface area contributed by atoms with Crippen LogP contribution in [0.2, 0.25) is 0 Å². The zero-order valence-corrected chi connectivity index (χ0v) is 18.4. The van der Waals surface area contributed by atoms with E-state index >= 15 is 0 Å². The lowest BCUT2D eigenvalue weighted by Crippen LogP contribution is -2.52. The molecule has 0 N–H and O–H groups in total. The molecule has 8 heteroatoms. The van der Waals surface area contributed by atoms with Gasteiger partial charge in [-0.2, -0.15) is 0 Å². The van der Waals surface area contributed by atoms with Crippen LogP contribution in [0.1, 0.15) is 18.9 Å². The number of hydrogen-bond donors (Lipinski definition) is 0. The van der Waals surface area contributed by atoms with Crippen molar-refractivity contribution in [2.45, 2.75) is 19.8 Å². The van der Waals surface area contributed by atoms with E-state index in [-0.39, 0.29) is 29.6 Å². The zero-order valence-electron chi connectivity index (χ0n) is 17.6. The zero-order chi connectivity index (χ0) is 20.3. The van der Waals surface area contributed by atoms with Crippen molar-refractivity contribution >= 4 is 24.2 Å². The molecule has 2 aliphatic heterocycles. The van der Waals surface area contributed by atoms with Crippen LogP contribution in [0.15, 0.2) is 18.2 Å². The number of fused-ring (bicyclic) bond motifs is 1. The molecule has 0 saturated carbocycles. The number of benzene rings is 1. The largest absolute Gasteiger partial charge is 0.497 e. The van der Waals surface area contributed by atoms with Gasteiger partial charge in [0.15, 0.2) is 0 Å². The third kappa shape index (κ3) is 4.95. The van der Waals surface area contributed by atoms with Crippen LogP contribution < -0.4 is 9.47 Å². The average Bonchev–Trinajstić information content (AvgIpc) is 3.06. The van der Waals surface area contributed by atoms with Crippen molar-refractivity contribution < 1.29 is 23.8 Å². The molecule has 2 saturated heterocycles. The number of carbonyl (C=O) groups excluding carboxylic acids is 2. The van der Waals surface area contributed by atoms with Gasteiger partial charge >= 0.3 is 0 Å². The molecule has 3 rings (SSSR count). The van der Waals surface area contributed by atoms with E-state index in [0.29, 0.717) is 43.5 Å². The standard InChI is InChI=1S/C21H30N2O5.ClH/c1-15(24)22-6-5-17-11-23(13-21(17,12-22)14-26-2)20(25)9-16-7-18(27-3)10-19(8-16)28-4;/h7-8,10,17H,5-6,9,11-14H2,1-4H3;1H/t17-,21+;/m1./s1. The number of nitrogens with zero attached hydrogens (tertiary/aromatic N) is 2. The number of hydrogen-bond acceptors (Lipinski definition) is 5. The Hall–Kier alpha value is -1.99. The van der Waals surface area contributed by atoms with Gasteiger partial charge in [-0.1, -0.05) is 0 Å². The summed E-state index contributed by atoms with van der Waals surface area (Å²) in [4.78, 5) is 28.7. The molecule has 0 spiro atoms. The number of piperidine rings is 1. The first-order chi connectivity index (χ1) is 13.4. The van der Waals surface area contributed by atoms with Crippen molar-refractivity contribution in [3.8, 4) is 11.5 Å². The third-order valence-corrected chi connectivity index (χ3v) is 6.06. The Labute approximate surface area is 178 Å². The fourth-order valence-corrected chi connectivity index (χ4v) is 4.59. The minimum Gasteiger partial charge on any atom is -0.497 e. The fraction of sp³-hybridized carbons (Fsp3) is 0.619. The highest BCUT2D eigenvalue weighted by Gasteiger charge is 2.51. The number of rotatable bonds is 6. The quantitative estimate of drug-likeness (QED) is 0.696. The average molecular weight is 427 g/mol. The number of amides is 2. The first-order valence-corrected chi connectivity index (χ1v) is 9.65. The van der Waals surface area contributed by atoms with Crippen molar-refractivity contribution in [3.05, 3.63) is 23.8 Å². The van der Waals surface area contributed by atoms with Gasteiger partial charge < -0.3 is 24.0 Å². The summed E-state index contributed by atoms with van der Waals surface area (Å²) in [5.74, 6) is 1.86. The van der Waals surface area contributed by atoms with Crippen molar-refractivity contribution in [1.82, 2.24) is 9.80 Å². The van der Waals surface area contributed by atoms with E-state index in [0.717, 1.165) is 25.1 Å². The molecule has 0 radical (unpaired) electrons. The van der Waals surface area contributed by atoms with Gasteiger partial charge in [0.2, 0.25) is 11.8 Å². The lowest BCUT2D eigenvalue weighted by Gasteiger charge is -2.43. The molecule has 0 aromatic heterocycles. The van der Waals surface area contributed by atoms with E-state index in [1.807, 2.05) is 21.9 Å². The Bertz CT molecular complexity index is 722. The summed E-state index contributed by atoms with van der Waals surface area (Å²) in [6.07, 6.45) is 1.19. The molecule has 0 aliphatic carbocycles. The number of carbonyl (C=O) groups is 2. The first kappa shape index (κ1) is 23.3. The summed E-state index contributed by atoms with van der Waals surface area (Å²) < 4.78 is 16.1. The Balaban J connectivity index is 0.00000300. The smallest absolute Gasteiger partial charge is 0.227 e. The molecule has 2 amide bonds. The second kappa shape index (κ2) is 9.67. The summed E-state index contributed by atoms with van der Waals surface area (Å²) in [5.41, 5.74) is 0.683. The maximum atomic E-state index is 13.0. The van der Waals surface area contributed by atoms with Crippen LogP contribution >= 0.6 is 12.4 Å². The van der Waals surface area contributed by atoms with Crippen LogP contribution in [0, 0.1) is 11.3 Å². The minimum atomic E-state index is -0.180. The maximum Gasteiger partial charge on any atom is 0.227 e. The molecule has 2 aliphatic rings. The highest BCUT2D eigenvalue weighted by Crippen LogP contribution is 2.42. The molecular weight excluding hydrogens is 396 g/mol. The van der Waals surface area contributed by atoms with E-state index in [4.69, 9.17) is 14.2 Å². The Kier molecular flexibility index (Phi) is 7.77. The van der Waals surface area contributed by atoms with Gasteiger partial charge in [-0.3, -0.25) is 9.59 Å². The molecule has 7 nitrogen and oxygen atoms in total. The van der Waals surface area contributed by atoms with E-state index in [1.165, 1.54) is 0 Å². The van der Waals surface area contributed by atoms with Crippen LogP contribution in [0.4, 0.5) is 0 Å². The van der Waals surface area contributed by atoms with Gasteiger partial charge in [-0.25, -0.2) is 0 Å². The van der Waals surface area contributed by atoms with E-state index in [9.17, 15) is 9.59 Å². The van der Waals surface area contributed by atoms with E-state index < -0.39 is 0 Å². The topological polar surface area (TPSA) is 68.3 Å². The molecule has 2 heterocycles. The van der Waals surface area contributed by atoms with Gasteiger partial charge in [0.25, 0.3) is 0 Å². The molecule has 2 fully saturated rings. The lowest BCUT2D eigenvalue weighted by atomic mass is 9.74. The second-order valence-corrected chi connectivity index (χ2v) is 7.89. The molecule has 29 heavy (non-hydrogen) atoms. The second-order valence-electron chi connectivity index (χ2n) is 7.89. The molecule has 1 aromatic carbocycles. The van der Waals surface area contributed by atoms with Crippen molar-refractivity contribution in [1.29, 1.82) is 0 Å². The van der Waals surface area contributed by atoms with Gasteiger partial charge in [-0.05, 0) is 30.0 Å². The monoisotopic (exact) mass is 426 g/mol. The Morgan fingerprint density at radius 1 is 1.07 bits per heavy atom. The summed E-state index contributed by atoms with van der Waals surface area (Å²) in [6.45, 7) is 4.90. The molecule has 0 bridgehead atoms. The number of methoxy groups -OCH3 is 3. The predicted octanol–water partition coefficient (Wildman–Crippen LogP) is 2.01. The summed E-state index contributed by atoms with van der Waals surface area (Å²) in [7, 11) is 4.88. The van der Waals surface area contributed by atoms with Gasteiger partial charge in [-0.15, -0.1) is 12.4 Å². The molecule has 162 valence electrons. The SMILES string of the molecule is COC[C@@]12CN(C(C)=O)CC[C@@H]1CN(C(=O)Cc1cc(OC)cc(OC)c1)C2.Cl. The lowest BCUT2D eigenvalue weighted by molar-refractivity contribution is -0.134. The third-order valence-electron chi connectivity index (χ3n) is 6.06. The van der Waals surface area contributed by atoms with Crippen LogP contribution in [0.3, 0.4) is 0 Å². The van der Waals surface area contributed by atoms with Gasteiger partial charge in [0.05, 0.1) is 27.2 Å². The summed E-state index contributed by atoms with van der Waals surface area (Å²) in [5, 5.41) is 0. The van der Waals surface area contributed by atoms with Gasteiger partial charge in [0, 0.05) is 51.7 Å². The summed E-state index contributed by atoms with van der Waals surface area (Å²) >= 11 is 0. The molecule has 0 unspecified atom stereocenters. The Morgan fingerprint density at radius 3 is 2.24 bits per heavy atom. The van der Waals surface area contributed by atoms with Crippen LogP contribution in [0.5, 0.6) is 11.5 Å². The van der Waals surface area contributed by atoms with Crippen LogP contribution in [-0.4, -0.2) is 75.7 Å². The number of likely N-dealkylation sites (tertiary alicyclic amines) is 2. The minimum absolute atomic E-state index is 0. The highest BCUT2D eigenvalue weighted by molar-refractivity contribution is 5.85. The molecule has 2 atom stereocenters. The van der Waals surface area contributed by atoms with Gasteiger partial charge in [0.1, 0.15) is 11.5 Å². The summed E-state index contributed by atoms with van der Waals surface area (Å²) in [6, 6.07) is 5.53. The van der Waals surface area contributed by atoms with E-state index in [2.05, 4.69) is 0 Å². The van der Waals surface area contributed by atoms with Crippen molar-refractivity contribution in [2.75, 3.05) is 54.1 Å². The number of ether oxygens (including phenoxy) is 3. The van der Waals surface area contributed by atoms with Crippen molar-refractivity contribution in [3.63, 3.8) is 0 Å². The highest BCUT2D eigenvalue weighted by atomic mass is 35.5. The molecule has 1 aromatic rings. The van der Waals surface area contributed by atoms with Crippen LogP contribution in [0.25, 0.3) is 0 Å². The Morgan fingerprint density at radius 2 is 1.69 bits per heavy atom. The van der Waals surface area contributed by atoms with E-state index in [1.54, 1.807) is 34.3 Å². The number of halogens is 1. The van der Waals surface area contributed by atoms with Crippen molar-refractivity contribution in [2.24, 2.45) is 11.3 Å². The molecular formula is C21H31ClN2O5. The predicted molar refractivity (Wildman–Crippen MR) is 112 cm³/mol.